The second kappa shape index (κ2) is 11.3. The Bertz CT molecular complexity index is 2470. The Morgan fingerprint density at radius 3 is 2.00 bits per heavy atom. The van der Waals surface area contributed by atoms with E-state index in [1.807, 2.05) is 24.3 Å². The molecule has 0 spiro atoms. The molecule has 47 heavy (non-hydrogen) atoms. The van der Waals surface area contributed by atoms with Crippen molar-refractivity contribution in [3.8, 4) is 22.3 Å². The molecule has 0 amide bonds. The molecule has 0 bridgehead atoms. The van der Waals surface area contributed by atoms with Crippen molar-refractivity contribution in [2.24, 2.45) is 9.98 Å². The van der Waals surface area contributed by atoms with Gasteiger partial charge in [-0.2, -0.15) is 0 Å². The summed E-state index contributed by atoms with van der Waals surface area (Å²) in [5, 5.41) is 8.25. The van der Waals surface area contributed by atoms with Crippen molar-refractivity contribution in [1.29, 1.82) is 0 Å². The highest BCUT2D eigenvalue weighted by Gasteiger charge is 2.22. The third-order valence-electron chi connectivity index (χ3n) is 8.96. The second-order valence-electron chi connectivity index (χ2n) is 11.9. The summed E-state index contributed by atoms with van der Waals surface area (Å²) in [5.41, 5.74) is 9.49. The van der Waals surface area contributed by atoms with Crippen molar-refractivity contribution in [2.75, 3.05) is 0 Å². The fraction of sp³-hybridized carbons (Fsp3) is 0.0233. The number of benzene rings is 7. The molecule has 1 aliphatic rings. The number of para-hydroxylation sites is 1. The molecule has 1 atom stereocenters. The van der Waals surface area contributed by atoms with Crippen LogP contribution in [0.3, 0.4) is 0 Å². The van der Waals surface area contributed by atoms with E-state index in [1.54, 1.807) is 0 Å². The van der Waals surface area contributed by atoms with E-state index < -0.39 is 0 Å². The zero-order valence-electron chi connectivity index (χ0n) is 25.5. The highest BCUT2D eigenvalue weighted by molar-refractivity contribution is 6.15. The third kappa shape index (κ3) is 4.97. The summed E-state index contributed by atoms with van der Waals surface area (Å²) < 4.78 is 6.16. The summed E-state index contributed by atoms with van der Waals surface area (Å²) in [6.45, 7) is 0. The molecule has 1 aliphatic heterocycles. The molecule has 0 saturated heterocycles. The first-order chi connectivity index (χ1) is 23.3. The standard InChI is InChI=1S/C43H29N3O/c1-2-9-28(10-3-1)30-17-22-32(23-18-30)41-44-42(46-43(45-41)35-26-19-29-11-4-5-12-34(29)27-35)33-24-20-31(21-25-33)36-14-8-16-39-40(36)37-13-6-7-15-38(37)47-39/h1-27,41H,(H,44,45,46). The number of rotatable bonds is 5. The Hall–Kier alpha value is -6.26. The number of nitrogens with zero attached hydrogens (tertiary/aromatic N) is 2. The Balaban J connectivity index is 1.10. The Kier molecular flexibility index (Phi) is 6.50. The first-order valence-electron chi connectivity index (χ1n) is 15.9. The molecule has 7 aromatic carbocycles. The largest absolute Gasteiger partial charge is 0.456 e. The number of fused-ring (bicyclic) bond motifs is 4. The van der Waals surface area contributed by atoms with Gasteiger partial charge in [-0.3, -0.25) is 0 Å². The maximum absolute atomic E-state index is 6.16. The summed E-state index contributed by atoms with van der Waals surface area (Å²) in [7, 11) is 0. The van der Waals surface area contributed by atoms with Gasteiger partial charge in [0, 0.05) is 21.9 Å². The van der Waals surface area contributed by atoms with Gasteiger partial charge in [-0.1, -0.05) is 146 Å². The number of hydrogen-bond donors (Lipinski definition) is 1. The lowest BCUT2D eigenvalue weighted by atomic mass is 9.98. The zero-order chi connectivity index (χ0) is 31.2. The molecule has 0 saturated carbocycles. The van der Waals surface area contributed by atoms with E-state index in [1.165, 1.54) is 16.5 Å². The average Bonchev–Trinajstić information content (AvgIpc) is 3.54. The van der Waals surface area contributed by atoms with Gasteiger partial charge < -0.3 is 9.73 Å². The third-order valence-corrected chi connectivity index (χ3v) is 8.96. The predicted molar refractivity (Wildman–Crippen MR) is 194 cm³/mol. The fourth-order valence-electron chi connectivity index (χ4n) is 6.54. The SMILES string of the molecule is c1ccc(-c2ccc(C3N=C(c4ccc5ccccc5c4)N=C(c4ccc(-c5cccc6oc7ccccc7c56)cc4)N3)cc2)cc1. The number of amidine groups is 2. The van der Waals surface area contributed by atoms with Crippen molar-refractivity contribution >= 4 is 44.4 Å². The maximum Gasteiger partial charge on any atom is 0.159 e. The van der Waals surface area contributed by atoms with Crippen LogP contribution >= 0.6 is 0 Å². The van der Waals surface area contributed by atoms with Gasteiger partial charge in [-0.15, -0.1) is 0 Å². The quantitative estimate of drug-likeness (QED) is 0.213. The number of aliphatic imine (C=N–C) groups is 2. The molecule has 0 aliphatic carbocycles. The van der Waals surface area contributed by atoms with Crippen LogP contribution in [-0.2, 0) is 0 Å². The van der Waals surface area contributed by atoms with Crippen molar-refractivity contribution < 1.29 is 4.42 Å². The van der Waals surface area contributed by atoms with Crippen LogP contribution in [0.4, 0.5) is 0 Å². The monoisotopic (exact) mass is 603 g/mol. The highest BCUT2D eigenvalue weighted by atomic mass is 16.3. The molecule has 4 nitrogen and oxygen atoms in total. The van der Waals surface area contributed by atoms with Gasteiger partial charge in [0.1, 0.15) is 23.2 Å². The van der Waals surface area contributed by atoms with Crippen molar-refractivity contribution in [3.05, 3.63) is 180 Å². The van der Waals surface area contributed by atoms with Gasteiger partial charge in [-0.05, 0) is 56.8 Å². The van der Waals surface area contributed by atoms with E-state index in [0.29, 0.717) is 5.84 Å². The number of nitrogens with one attached hydrogen (secondary N) is 1. The lowest BCUT2D eigenvalue weighted by Crippen LogP contribution is -2.33. The van der Waals surface area contributed by atoms with E-state index in [4.69, 9.17) is 14.4 Å². The minimum atomic E-state index is -0.292. The molecule has 2 heterocycles. The second-order valence-corrected chi connectivity index (χ2v) is 11.9. The van der Waals surface area contributed by atoms with E-state index >= 15 is 0 Å². The van der Waals surface area contributed by atoms with Crippen LogP contribution in [0.25, 0.3) is 55.0 Å². The van der Waals surface area contributed by atoms with Gasteiger partial charge in [0.25, 0.3) is 0 Å². The molecular weight excluding hydrogens is 574 g/mol. The van der Waals surface area contributed by atoms with Crippen LogP contribution < -0.4 is 5.32 Å². The molecule has 1 N–H and O–H groups in total. The zero-order valence-corrected chi connectivity index (χ0v) is 25.5. The lowest BCUT2D eigenvalue weighted by molar-refractivity contribution is 0.669. The van der Waals surface area contributed by atoms with Gasteiger partial charge in [0.05, 0.1) is 0 Å². The molecule has 4 heteroatoms. The average molecular weight is 604 g/mol. The van der Waals surface area contributed by atoms with Crippen LogP contribution in [0.5, 0.6) is 0 Å². The number of hydrogen-bond acceptors (Lipinski definition) is 4. The normalized spacial score (nSPS) is 14.6. The van der Waals surface area contributed by atoms with E-state index in [-0.39, 0.29) is 6.17 Å². The summed E-state index contributed by atoms with van der Waals surface area (Å²) in [5.74, 6) is 1.50. The van der Waals surface area contributed by atoms with Crippen LogP contribution in [0.1, 0.15) is 22.9 Å². The topological polar surface area (TPSA) is 49.9 Å². The van der Waals surface area contributed by atoms with Gasteiger partial charge >= 0.3 is 0 Å². The van der Waals surface area contributed by atoms with Gasteiger partial charge in [-0.25, -0.2) is 9.98 Å². The summed E-state index contributed by atoms with van der Waals surface area (Å²) in [6.07, 6.45) is -0.292. The van der Waals surface area contributed by atoms with Crippen LogP contribution in [0.15, 0.2) is 178 Å². The summed E-state index contributed by atoms with van der Waals surface area (Å²) in [6, 6.07) is 57.0. The molecule has 0 radical (unpaired) electrons. The van der Waals surface area contributed by atoms with E-state index in [2.05, 4.69) is 145 Å². The molecular formula is C43H29N3O. The van der Waals surface area contributed by atoms with Crippen molar-refractivity contribution in [1.82, 2.24) is 5.32 Å². The lowest BCUT2D eigenvalue weighted by Gasteiger charge is -2.24. The molecule has 222 valence electrons. The molecule has 0 fully saturated rings. The predicted octanol–water partition coefficient (Wildman–Crippen LogP) is 10.6. The molecule has 1 aromatic heterocycles. The first-order valence-corrected chi connectivity index (χ1v) is 15.9. The molecule has 8 aromatic rings. The minimum Gasteiger partial charge on any atom is -0.456 e. The van der Waals surface area contributed by atoms with E-state index in [9.17, 15) is 0 Å². The smallest absolute Gasteiger partial charge is 0.159 e. The van der Waals surface area contributed by atoms with Gasteiger partial charge in [0.2, 0.25) is 0 Å². The molecule has 1 unspecified atom stereocenters. The highest BCUT2D eigenvalue weighted by Crippen LogP contribution is 2.36. The Labute approximate surface area is 272 Å². The van der Waals surface area contributed by atoms with Crippen molar-refractivity contribution in [2.45, 2.75) is 6.17 Å². The van der Waals surface area contributed by atoms with Crippen LogP contribution in [-0.4, -0.2) is 11.7 Å². The van der Waals surface area contributed by atoms with E-state index in [0.717, 1.165) is 61.0 Å². The van der Waals surface area contributed by atoms with Crippen LogP contribution in [0, 0.1) is 0 Å². The Morgan fingerprint density at radius 1 is 0.489 bits per heavy atom. The number of furan rings is 1. The van der Waals surface area contributed by atoms with Gasteiger partial charge in [0.15, 0.2) is 5.84 Å². The fourth-order valence-corrected chi connectivity index (χ4v) is 6.54. The minimum absolute atomic E-state index is 0.292. The first kappa shape index (κ1) is 27.1. The molecule has 9 rings (SSSR count). The maximum atomic E-state index is 6.16. The summed E-state index contributed by atoms with van der Waals surface area (Å²) in [4.78, 5) is 10.2. The van der Waals surface area contributed by atoms with Crippen molar-refractivity contribution in [3.63, 3.8) is 0 Å². The summed E-state index contributed by atoms with van der Waals surface area (Å²) >= 11 is 0. The van der Waals surface area contributed by atoms with Crippen LogP contribution in [0.2, 0.25) is 0 Å². The Morgan fingerprint density at radius 2 is 1.15 bits per heavy atom.